The molecule has 2 amide bonds. The Morgan fingerprint density at radius 1 is 1.11 bits per heavy atom. The van der Waals surface area contributed by atoms with E-state index in [1.165, 1.54) is 4.90 Å². The Balaban J connectivity index is 1.59. The highest BCUT2D eigenvalue weighted by Gasteiger charge is 2.56. The van der Waals surface area contributed by atoms with E-state index >= 15 is 0 Å². The molecule has 45 heavy (non-hydrogen) atoms. The largest absolute Gasteiger partial charge is 0.474 e. The second-order valence-electron chi connectivity index (χ2n) is 11.0. The first-order valence-electron chi connectivity index (χ1n) is 14.3. The van der Waals surface area contributed by atoms with Gasteiger partial charge >= 0.3 is 12.4 Å². The third kappa shape index (κ3) is 6.36. The molecule has 3 aromatic rings. The summed E-state index contributed by atoms with van der Waals surface area (Å²) in [5.41, 5.74) is -1.94. The Labute approximate surface area is 259 Å². The van der Waals surface area contributed by atoms with Gasteiger partial charge in [0.15, 0.2) is 0 Å². The van der Waals surface area contributed by atoms with Crippen LogP contribution in [0.1, 0.15) is 70.2 Å². The zero-order valence-corrected chi connectivity index (χ0v) is 24.9. The Kier molecular flexibility index (Phi) is 8.86. The number of amides is 2. The van der Waals surface area contributed by atoms with Crippen molar-refractivity contribution in [2.24, 2.45) is 0 Å². The number of aromatic nitrogens is 1. The van der Waals surface area contributed by atoms with Crippen molar-refractivity contribution in [1.82, 2.24) is 14.8 Å². The van der Waals surface area contributed by atoms with Gasteiger partial charge in [0, 0.05) is 43.7 Å². The van der Waals surface area contributed by atoms with E-state index in [-0.39, 0.29) is 44.6 Å². The van der Waals surface area contributed by atoms with Gasteiger partial charge in [-0.2, -0.15) is 31.6 Å². The number of carbonyl (C=O) groups is 2. The Hall–Kier alpha value is -4.12. The molecule has 1 fully saturated rings. The van der Waals surface area contributed by atoms with Crippen LogP contribution < -0.4 is 4.74 Å². The maximum atomic E-state index is 14.6. The minimum atomic E-state index is -4.88. The van der Waals surface area contributed by atoms with E-state index in [0.717, 1.165) is 45.8 Å². The van der Waals surface area contributed by atoms with Crippen molar-refractivity contribution < 1.29 is 40.7 Å². The molecule has 1 aromatic carbocycles. The average Bonchev–Trinajstić information content (AvgIpc) is 3.49. The van der Waals surface area contributed by atoms with Gasteiger partial charge in [0.2, 0.25) is 5.60 Å². The normalized spacial score (nSPS) is 20.4. The number of hydrogen-bond acceptors (Lipinski definition) is 6. The molecule has 0 radical (unpaired) electrons. The summed E-state index contributed by atoms with van der Waals surface area (Å²) in [6.07, 6.45) is -7.41. The number of thiophene rings is 1. The molecule has 0 unspecified atom stereocenters. The lowest BCUT2D eigenvalue weighted by Crippen LogP contribution is -2.68. The molecular formula is C31H28F6N4O3S. The summed E-state index contributed by atoms with van der Waals surface area (Å²) in [6, 6.07) is 8.68. The monoisotopic (exact) mass is 650 g/mol. The molecule has 4 heterocycles. The van der Waals surface area contributed by atoms with Gasteiger partial charge in [0.25, 0.3) is 11.8 Å². The first-order valence-corrected chi connectivity index (χ1v) is 15.2. The molecule has 0 spiro atoms. The summed E-state index contributed by atoms with van der Waals surface area (Å²) >= 11 is 0.388. The van der Waals surface area contributed by atoms with Crippen LogP contribution in [0.3, 0.4) is 0 Å². The van der Waals surface area contributed by atoms with Crippen molar-refractivity contribution in [3.05, 3.63) is 80.8 Å². The van der Waals surface area contributed by atoms with Crippen molar-refractivity contribution in [2.75, 3.05) is 13.1 Å². The van der Waals surface area contributed by atoms with Gasteiger partial charge in [-0.15, -0.1) is 11.3 Å². The molecule has 7 nitrogen and oxygen atoms in total. The molecule has 1 saturated heterocycles. The molecule has 5 rings (SSSR count). The number of benzene rings is 1. The molecule has 0 saturated carbocycles. The maximum Gasteiger partial charge on any atom is 0.425 e. The van der Waals surface area contributed by atoms with Crippen molar-refractivity contribution in [3.63, 3.8) is 0 Å². The van der Waals surface area contributed by atoms with Crippen molar-refractivity contribution in [1.29, 1.82) is 5.26 Å². The number of alkyl halides is 6. The lowest BCUT2D eigenvalue weighted by Gasteiger charge is -2.50. The highest BCUT2D eigenvalue weighted by molar-refractivity contribution is 7.10. The summed E-state index contributed by atoms with van der Waals surface area (Å²) in [5, 5.41) is 10.5. The van der Waals surface area contributed by atoms with Crippen LogP contribution in [-0.2, 0) is 30.1 Å². The Bertz CT molecular complexity index is 1630. The van der Waals surface area contributed by atoms with Crippen molar-refractivity contribution in [2.45, 2.75) is 69.6 Å². The van der Waals surface area contributed by atoms with E-state index < -0.39 is 51.9 Å². The summed E-state index contributed by atoms with van der Waals surface area (Å²) in [4.78, 5) is 34.0. The van der Waals surface area contributed by atoms with E-state index in [2.05, 4.69) is 11.1 Å². The predicted octanol–water partition coefficient (Wildman–Crippen LogP) is 6.86. The fourth-order valence-electron chi connectivity index (χ4n) is 6.14. The van der Waals surface area contributed by atoms with Gasteiger partial charge in [-0.25, -0.2) is 0 Å². The maximum absolute atomic E-state index is 14.6. The number of carbonyl (C=O) groups excluding carboxylic acids is 2. The number of pyridine rings is 1. The minimum absolute atomic E-state index is 0.00736. The topological polar surface area (TPSA) is 86.5 Å². The lowest BCUT2D eigenvalue weighted by atomic mass is 9.79. The molecule has 14 heteroatoms. The molecule has 238 valence electrons. The molecular weight excluding hydrogens is 622 g/mol. The number of hydrogen-bond donors (Lipinski definition) is 0. The second kappa shape index (κ2) is 12.3. The number of ether oxygens (including phenoxy) is 1. The van der Waals surface area contributed by atoms with Gasteiger partial charge in [-0.05, 0) is 54.7 Å². The van der Waals surface area contributed by atoms with E-state index in [0.29, 0.717) is 29.7 Å². The zero-order valence-electron chi connectivity index (χ0n) is 24.0. The summed E-state index contributed by atoms with van der Waals surface area (Å²) in [6.45, 7) is 2.06. The standard InChI is InChI=1S/C31H28F6N4O3S/c1-2-5-24-29(44-22-15-25(45-18-22)31(35,36)37,28(43)40-13-9-20-8-7-19(16-38)14-21(20)17-40)10-4-12-41(24)27(42)26-23(30(32,33)34)6-3-11-39-26/h3,6-8,11,14-15,18,24H,2,4-5,9-10,12-13,17H2,1H3/t24-,29+/m1/s1. The number of nitriles is 1. The van der Waals surface area contributed by atoms with E-state index in [1.807, 2.05) is 0 Å². The number of fused-ring (bicyclic) bond motifs is 1. The molecule has 2 aliphatic rings. The smallest absolute Gasteiger partial charge is 0.425 e. The van der Waals surface area contributed by atoms with Gasteiger partial charge in [-0.3, -0.25) is 14.6 Å². The van der Waals surface area contributed by atoms with Crippen LogP contribution in [0.4, 0.5) is 26.3 Å². The number of piperidine rings is 1. The summed E-state index contributed by atoms with van der Waals surface area (Å²) < 4.78 is 88.5. The van der Waals surface area contributed by atoms with Crippen LogP contribution in [0.2, 0.25) is 0 Å². The lowest BCUT2D eigenvalue weighted by molar-refractivity contribution is -0.160. The Morgan fingerprint density at radius 2 is 1.89 bits per heavy atom. The number of halogens is 6. The zero-order chi connectivity index (χ0) is 32.6. The average molecular weight is 651 g/mol. The first kappa shape index (κ1) is 32.3. The van der Waals surface area contributed by atoms with Crippen LogP contribution >= 0.6 is 11.3 Å². The van der Waals surface area contributed by atoms with Gasteiger partial charge in [-0.1, -0.05) is 19.4 Å². The second-order valence-corrected chi connectivity index (χ2v) is 11.9. The highest BCUT2D eigenvalue weighted by atomic mass is 32.1. The Morgan fingerprint density at radius 3 is 2.56 bits per heavy atom. The summed E-state index contributed by atoms with van der Waals surface area (Å²) in [7, 11) is 0. The molecule has 2 aliphatic heterocycles. The quantitative estimate of drug-likeness (QED) is 0.272. The minimum Gasteiger partial charge on any atom is -0.474 e. The SMILES string of the molecule is CCC[C@H]1N(C(=O)c2ncccc2C(F)(F)F)CCC[C@@]1(Oc1csc(C(F)(F)F)c1)C(=O)N1CCc2ccc(C#N)cc2C1. The van der Waals surface area contributed by atoms with Crippen LogP contribution in [-0.4, -0.2) is 51.3 Å². The van der Waals surface area contributed by atoms with Crippen LogP contribution in [0, 0.1) is 11.3 Å². The van der Waals surface area contributed by atoms with Crippen LogP contribution in [0.5, 0.6) is 5.75 Å². The first-order chi connectivity index (χ1) is 21.3. The number of rotatable bonds is 6. The van der Waals surface area contributed by atoms with Crippen LogP contribution in [0.25, 0.3) is 0 Å². The van der Waals surface area contributed by atoms with E-state index in [1.54, 1.807) is 25.1 Å². The number of likely N-dealkylation sites (tertiary alicyclic amines) is 1. The van der Waals surface area contributed by atoms with Gasteiger partial charge in [0.1, 0.15) is 16.3 Å². The molecule has 2 aromatic heterocycles. The van der Waals surface area contributed by atoms with Crippen molar-refractivity contribution >= 4 is 23.2 Å². The molecule has 0 aliphatic carbocycles. The highest BCUT2D eigenvalue weighted by Crippen LogP contribution is 2.43. The third-order valence-electron chi connectivity index (χ3n) is 8.15. The van der Waals surface area contributed by atoms with Crippen LogP contribution in [0.15, 0.2) is 48.0 Å². The third-order valence-corrected chi connectivity index (χ3v) is 9.11. The summed E-state index contributed by atoms with van der Waals surface area (Å²) in [5.74, 6) is -1.87. The molecule has 0 N–H and O–H groups in total. The fraction of sp³-hybridized carbons (Fsp3) is 0.419. The van der Waals surface area contributed by atoms with E-state index in [4.69, 9.17) is 4.74 Å². The van der Waals surface area contributed by atoms with Gasteiger partial charge < -0.3 is 14.5 Å². The molecule has 0 bridgehead atoms. The van der Waals surface area contributed by atoms with Gasteiger partial charge in [0.05, 0.1) is 23.2 Å². The fourth-order valence-corrected chi connectivity index (χ4v) is 6.82. The molecule has 2 atom stereocenters. The van der Waals surface area contributed by atoms with Crippen molar-refractivity contribution in [3.8, 4) is 11.8 Å². The predicted molar refractivity (Wildman–Crippen MR) is 151 cm³/mol. The van der Waals surface area contributed by atoms with E-state index in [9.17, 15) is 41.2 Å². The number of nitrogens with zero attached hydrogens (tertiary/aromatic N) is 4.